The zero-order valence-electron chi connectivity index (χ0n) is 8.44. The van der Waals surface area contributed by atoms with Crippen molar-refractivity contribution in [1.82, 2.24) is 9.97 Å². The normalized spacial score (nSPS) is 11.9. The van der Waals surface area contributed by atoms with Gasteiger partial charge in [0.2, 0.25) is 5.49 Å². The van der Waals surface area contributed by atoms with Crippen LogP contribution in [0.15, 0.2) is 32.9 Å². The van der Waals surface area contributed by atoms with Crippen molar-refractivity contribution in [1.29, 1.82) is 0 Å². The summed E-state index contributed by atoms with van der Waals surface area (Å²) in [6.07, 6.45) is 0. The van der Waals surface area contributed by atoms with Gasteiger partial charge in [-0.1, -0.05) is 11.2 Å². The molecule has 16 heavy (non-hydrogen) atoms. The second-order valence-electron chi connectivity index (χ2n) is 3.41. The lowest BCUT2D eigenvalue weighted by Gasteiger charge is -1.92. The molecule has 0 saturated heterocycles. The van der Waals surface area contributed by atoms with Gasteiger partial charge in [0, 0.05) is 0 Å². The van der Waals surface area contributed by atoms with Crippen LogP contribution in [0.2, 0.25) is 0 Å². The fourth-order valence-electron chi connectivity index (χ4n) is 1.44. The summed E-state index contributed by atoms with van der Waals surface area (Å²) in [4.78, 5) is 27.8. The van der Waals surface area contributed by atoms with Crippen LogP contribution in [0.4, 0.5) is 0 Å². The monoisotopic (exact) mass is 219 g/mol. The summed E-state index contributed by atoms with van der Waals surface area (Å²) in [6, 6.07) is 5.03. The predicted molar refractivity (Wildman–Crippen MR) is 57.3 cm³/mol. The minimum absolute atomic E-state index is 0.331. The van der Waals surface area contributed by atoms with E-state index in [-0.39, 0.29) is 0 Å². The number of nitrogens with zero attached hydrogens (tertiary/aromatic N) is 1. The number of aryl methyl sites for hydroxylation is 1. The Morgan fingerprint density at radius 3 is 2.62 bits per heavy atom. The fraction of sp³-hybridized carbons (Fsp3) is 0.100. The predicted octanol–water partition coefficient (Wildman–Crippen LogP) is -0.185. The van der Waals surface area contributed by atoms with Crippen molar-refractivity contribution in [3.8, 4) is 0 Å². The van der Waals surface area contributed by atoms with Crippen LogP contribution in [0.3, 0.4) is 0 Å². The average molecular weight is 219 g/mol. The van der Waals surface area contributed by atoms with E-state index in [1.807, 2.05) is 6.92 Å². The van der Waals surface area contributed by atoms with Crippen molar-refractivity contribution in [3.63, 3.8) is 0 Å². The second-order valence-corrected chi connectivity index (χ2v) is 3.41. The standard InChI is InChI=1S/C10H9N3O3/c1-5-2-3-6-7(4-5)11-10(15)8(13-16)12-9(6)14/h2-4,16H,1H3,(H2,11,12,13,14,15). The third kappa shape index (κ3) is 1.60. The summed E-state index contributed by atoms with van der Waals surface area (Å²) < 4.78 is 0. The molecule has 3 N–H and O–H groups in total. The van der Waals surface area contributed by atoms with Gasteiger partial charge in [-0.2, -0.15) is 0 Å². The topological polar surface area (TPSA) is 98.3 Å². The maximum absolute atomic E-state index is 11.6. The lowest BCUT2D eigenvalue weighted by Crippen LogP contribution is -2.30. The molecule has 0 spiro atoms. The SMILES string of the molecule is Cc1ccc2c(=O)[nH]c(=NO)c(=O)[nH]c2c1. The van der Waals surface area contributed by atoms with Crippen molar-refractivity contribution in [2.75, 3.05) is 0 Å². The molecule has 0 aliphatic carbocycles. The minimum atomic E-state index is -0.653. The highest BCUT2D eigenvalue weighted by molar-refractivity contribution is 5.77. The molecule has 0 bridgehead atoms. The Labute approximate surface area is 88.9 Å². The molecule has 0 amide bonds. The number of benzene rings is 1. The maximum Gasteiger partial charge on any atom is 0.295 e. The van der Waals surface area contributed by atoms with Crippen LogP contribution in [0.25, 0.3) is 10.9 Å². The highest BCUT2D eigenvalue weighted by atomic mass is 16.4. The van der Waals surface area contributed by atoms with Gasteiger partial charge < -0.3 is 10.2 Å². The molecule has 82 valence electrons. The molecule has 0 atom stereocenters. The number of hydrogen-bond acceptors (Lipinski definition) is 4. The zero-order valence-corrected chi connectivity index (χ0v) is 8.44. The van der Waals surface area contributed by atoms with Crippen molar-refractivity contribution < 1.29 is 5.21 Å². The van der Waals surface area contributed by atoms with Gasteiger partial charge in [-0.15, -0.1) is 0 Å². The van der Waals surface area contributed by atoms with Gasteiger partial charge >= 0.3 is 0 Å². The minimum Gasteiger partial charge on any atom is -0.409 e. The van der Waals surface area contributed by atoms with E-state index >= 15 is 0 Å². The van der Waals surface area contributed by atoms with Crippen molar-refractivity contribution in [2.45, 2.75) is 6.92 Å². The van der Waals surface area contributed by atoms with E-state index in [2.05, 4.69) is 15.1 Å². The van der Waals surface area contributed by atoms with Crippen molar-refractivity contribution in [2.24, 2.45) is 5.16 Å². The maximum atomic E-state index is 11.6. The van der Waals surface area contributed by atoms with Crippen LogP contribution in [-0.2, 0) is 0 Å². The van der Waals surface area contributed by atoms with E-state index in [1.54, 1.807) is 18.2 Å². The number of fused-ring (bicyclic) bond motifs is 1. The van der Waals surface area contributed by atoms with E-state index in [0.717, 1.165) is 5.56 Å². The molecule has 6 nitrogen and oxygen atoms in total. The zero-order chi connectivity index (χ0) is 11.7. The van der Waals surface area contributed by atoms with Crippen LogP contribution in [0.1, 0.15) is 5.56 Å². The molecule has 2 aromatic rings. The van der Waals surface area contributed by atoms with E-state index in [1.165, 1.54) is 0 Å². The van der Waals surface area contributed by atoms with Gasteiger partial charge in [0.25, 0.3) is 11.1 Å². The number of hydrogen-bond donors (Lipinski definition) is 3. The van der Waals surface area contributed by atoms with Gasteiger partial charge in [0.05, 0.1) is 10.9 Å². The van der Waals surface area contributed by atoms with Crippen LogP contribution in [0.5, 0.6) is 0 Å². The molecular weight excluding hydrogens is 210 g/mol. The van der Waals surface area contributed by atoms with E-state index in [9.17, 15) is 9.59 Å². The molecule has 1 heterocycles. The Bertz CT molecular complexity index is 728. The van der Waals surface area contributed by atoms with Crippen LogP contribution in [0, 0.1) is 6.92 Å². The Morgan fingerprint density at radius 2 is 1.94 bits per heavy atom. The van der Waals surface area contributed by atoms with Gasteiger partial charge in [0.15, 0.2) is 0 Å². The number of aromatic nitrogens is 2. The Kier molecular flexibility index (Phi) is 2.32. The molecule has 0 saturated carbocycles. The lowest BCUT2D eigenvalue weighted by atomic mass is 10.2. The number of rotatable bonds is 0. The quantitative estimate of drug-likeness (QED) is 0.423. The first-order valence-electron chi connectivity index (χ1n) is 4.57. The Hall–Kier alpha value is -2.37. The van der Waals surface area contributed by atoms with E-state index in [0.29, 0.717) is 10.9 Å². The highest BCUT2D eigenvalue weighted by Crippen LogP contribution is 2.06. The molecule has 1 aromatic carbocycles. The van der Waals surface area contributed by atoms with Crippen LogP contribution in [-0.4, -0.2) is 15.2 Å². The molecular formula is C10H9N3O3. The average Bonchev–Trinajstić information content (AvgIpc) is 2.35. The third-order valence-corrected chi connectivity index (χ3v) is 2.21. The van der Waals surface area contributed by atoms with Crippen LogP contribution >= 0.6 is 0 Å². The van der Waals surface area contributed by atoms with Gasteiger partial charge in [-0.3, -0.25) is 14.6 Å². The highest BCUT2D eigenvalue weighted by Gasteiger charge is 2.00. The van der Waals surface area contributed by atoms with Crippen molar-refractivity contribution >= 4 is 10.9 Å². The van der Waals surface area contributed by atoms with Gasteiger partial charge in [0.1, 0.15) is 0 Å². The number of nitrogens with one attached hydrogen (secondary N) is 2. The lowest BCUT2D eigenvalue weighted by molar-refractivity contribution is 0.297. The molecule has 0 aliphatic rings. The van der Waals surface area contributed by atoms with E-state index < -0.39 is 16.6 Å². The summed E-state index contributed by atoms with van der Waals surface area (Å²) in [6.45, 7) is 1.84. The molecule has 0 radical (unpaired) electrons. The smallest absolute Gasteiger partial charge is 0.295 e. The van der Waals surface area contributed by atoms with Crippen molar-refractivity contribution in [3.05, 3.63) is 50.0 Å². The molecule has 0 fully saturated rings. The first-order valence-corrected chi connectivity index (χ1v) is 4.57. The van der Waals surface area contributed by atoms with Crippen LogP contribution < -0.4 is 16.6 Å². The van der Waals surface area contributed by atoms with Gasteiger partial charge in [-0.25, -0.2) is 0 Å². The molecule has 1 aromatic heterocycles. The summed E-state index contributed by atoms with van der Waals surface area (Å²) >= 11 is 0. The fourth-order valence-corrected chi connectivity index (χ4v) is 1.44. The number of H-pyrrole nitrogens is 2. The number of aromatic amines is 2. The Balaban J connectivity index is 3.14. The first-order chi connectivity index (χ1) is 7.61. The molecule has 0 unspecified atom stereocenters. The van der Waals surface area contributed by atoms with Gasteiger partial charge in [-0.05, 0) is 24.6 Å². The summed E-state index contributed by atoms with van der Waals surface area (Å²) in [5, 5.41) is 11.6. The Morgan fingerprint density at radius 1 is 1.19 bits per heavy atom. The molecule has 6 heteroatoms. The first kappa shape index (κ1) is 10.2. The second kappa shape index (κ2) is 3.65. The largest absolute Gasteiger partial charge is 0.409 e. The molecule has 2 rings (SSSR count). The summed E-state index contributed by atoms with van der Waals surface area (Å²) in [7, 11) is 0. The molecule has 0 aliphatic heterocycles. The summed E-state index contributed by atoms with van der Waals surface area (Å²) in [5.74, 6) is 0. The van der Waals surface area contributed by atoms with E-state index in [4.69, 9.17) is 5.21 Å². The summed E-state index contributed by atoms with van der Waals surface area (Å²) in [5.41, 5.74) is -0.238. The third-order valence-electron chi connectivity index (χ3n) is 2.21.